The van der Waals surface area contributed by atoms with Crippen LogP contribution in [0, 0.1) is 5.41 Å². The summed E-state index contributed by atoms with van der Waals surface area (Å²) in [6.45, 7) is 3.58. The number of hydrogen-bond donors (Lipinski definition) is 1. The second-order valence-electron chi connectivity index (χ2n) is 9.60. The van der Waals surface area contributed by atoms with Crippen LogP contribution in [0.25, 0.3) is 22.3 Å². The highest BCUT2D eigenvalue weighted by molar-refractivity contribution is 6.41. The van der Waals surface area contributed by atoms with Gasteiger partial charge in [-0.3, -0.25) is 4.79 Å². The maximum Gasteiger partial charge on any atom is 0.378 e. The summed E-state index contributed by atoms with van der Waals surface area (Å²) in [7, 11) is 0. The molecule has 1 N–H and O–H groups in total. The van der Waals surface area contributed by atoms with E-state index in [2.05, 4.69) is 6.92 Å². The van der Waals surface area contributed by atoms with E-state index < -0.39 is 11.8 Å². The highest BCUT2D eigenvalue weighted by atomic mass is 35.5. The van der Waals surface area contributed by atoms with Crippen molar-refractivity contribution in [1.82, 2.24) is 4.57 Å². The molecule has 0 aliphatic carbocycles. The Labute approximate surface area is 214 Å². The van der Waals surface area contributed by atoms with Gasteiger partial charge in [0.2, 0.25) is 0 Å². The zero-order chi connectivity index (χ0) is 25.3. The largest absolute Gasteiger partial charge is 0.475 e. The Bertz CT molecular complexity index is 1410. The topological polar surface area (TPSA) is 68.5 Å². The predicted molar refractivity (Wildman–Crippen MR) is 140 cm³/mol. The maximum absolute atomic E-state index is 13.1. The quantitative estimate of drug-likeness (QED) is 0.221. The van der Waals surface area contributed by atoms with Gasteiger partial charge in [-0.05, 0) is 35.2 Å². The van der Waals surface area contributed by atoms with E-state index in [0.29, 0.717) is 36.8 Å². The maximum atomic E-state index is 13.1. The van der Waals surface area contributed by atoms with Crippen molar-refractivity contribution >= 4 is 23.4 Å². The number of hydrogen-bond acceptors (Lipinski definition) is 3. The number of ether oxygens (including phenoxy) is 1. The highest BCUT2D eigenvalue weighted by Crippen LogP contribution is 2.47. The summed E-state index contributed by atoms with van der Waals surface area (Å²) in [4.78, 5) is 25.1. The van der Waals surface area contributed by atoms with E-state index in [4.69, 9.17) is 16.3 Å². The molecule has 6 heteroatoms. The molecule has 0 saturated heterocycles. The lowest BCUT2D eigenvalue weighted by Crippen LogP contribution is -2.27. The van der Waals surface area contributed by atoms with Crippen molar-refractivity contribution in [3.63, 3.8) is 0 Å². The molecule has 0 radical (unpaired) electrons. The molecule has 1 aliphatic heterocycles. The fourth-order valence-electron chi connectivity index (χ4n) is 5.10. The third-order valence-corrected chi connectivity index (χ3v) is 6.92. The minimum atomic E-state index is -1.47. The third kappa shape index (κ3) is 4.60. The highest BCUT2D eigenvalue weighted by Gasteiger charge is 2.41. The minimum Gasteiger partial charge on any atom is -0.475 e. The van der Waals surface area contributed by atoms with Crippen LogP contribution in [0.5, 0.6) is 0 Å². The number of benzene rings is 3. The number of aliphatic carboxylic acids is 1. The molecule has 3 aromatic carbocycles. The molecule has 2 heterocycles. The predicted octanol–water partition coefficient (Wildman–Crippen LogP) is 6.52. The van der Waals surface area contributed by atoms with Crippen LogP contribution in [0.2, 0.25) is 5.02 Å². The number of rotatable bonds is 8. The molecular formula is C30H26ClNO4. The first kappa shape index (κ1) is 24.0. The molecule has 0 bridgehead atoms. The molecule has 1 aromatic heterocycles. The normalized spacial score (nSPS) is 16.6. The Hall–Kier alpha value is -3.67. The Morgan fingerprint density at radius 2 is 1.53 bits per heavy atom. The van der Waals surface area contributed by atoms with Gasteiger partial charge in [-0.2, -0.15) is 0 Å². The first-order valence-electron chi connectivity index (χ1n) is 11.8. The van der Waals surface area contributed by atoms with Crippen molar-refractivity contribution in [2.75, 3.05) is 6.61 Å². The first-order chi connectivity index (χ1) is 17.4. The van der Waals surface area contributed by atoms with E-state index in [1.165, 1.54) is 0 Å². The lowest BCUT2D eigenvalue weighted by atomic mass is 9.85. The summed E-state index contributed by atoms with van der Waals surface area (Å²) in [5.41, 5.74) is 5.15. The van der Waals surface area contributed by atoms with Crippen LogP contribution >= 0.6 is 11.6 Å². The monoisotopic (exact) mass is 499 g/mol. The Kier molecular flexibility index (Phi) is 6.52. The van der Waals surface area contributed by atoms with Crippen LogP contribution in [-0.4, -0.2) is 28.0 Å². The van der Waals surface area contributed by atoms with Crippen molar-refractivity contribution in [1.29, 1.82) is 0 Å². The van der Waals surface area contributed by atoms with Crippen molar-refractivity contribution in [3.8, 4) is 22.3 Å². The van der Waals surface area contributed by atoms with E-state index in [-0.39, 0.29) is 11.1 Å². The van der Waals surface area contributed by atoms with Gasteiger partial charge >= 0.3 is 5.97 Å². The van der Waals surface area contributed by atoms with Crippen molar-refractivity contribution in [3.05, 3.63) is 107 Å². The number of halogens is 1. The van der Waals surface area contributed by atoms with E-state index in [9.17, 15) is 14.7 Å². The molecule has 36 heavy (non-hydrogen) atoms. The summed E-state index contributed by atoms with van der Waals surface area (Å²) in [5.74, 6) is -2.39. The Balaban J connectivity index is 1.60. The number of carboxylic acid groups (broad SMARTS) is 1. The standard InChI is InChI=1S/C30H26ClNO4/c1-30(19-36-17-20-8-4-2-5-9-20)16-24-25(21-10-6-3-7-11-21)26(22-12-14-23(31)15-13-22)27(32(24)18-30)28(33)29(34)35/h2-15H,16-19H2,1H3,(H,34,35). The number of carboxylic acids is 1. The minimum absolute atomic E-state index is 0.199. The number of carbonyl (C=O) groups excluding carboxylic acids is 1. The summed E-state index contributed by atoms with van der Waals surface area (Å²) in [6.07, 6.45) is 0.652. The van der Waals surface area contributed by atoms with Crippen molar-refractivity contribution in [2.24, 2.45) is 5.41 Å². The van der Waals surface area contributed by atoms with Gasteiger partial charge in [0.1, 0.15) is 5.69 Å². The summed E-state index contributed by atoms with van der Waals surface area (Å²) < 4.78 is 8.00. The average molecular weight is 500 g/mol. The van der Waals surface area contributed by atoms with E-state index in [1.807, 2.05) is 77.4 Å². The number of ketones is 1. The summed E-state index contributed by atoms with van der Waals surface area (Å²) >= 11 is 6.13. The molecule has 1 unspecified atom stereocenters. The number of Topliss-reactive ketones (excluding diaryl/α,β-unsaturated/α-hetero) is 1. The van der Waals surface area contributed by atoms with E-state index >= 15 is 0 Å². The molecule has 5 nitrogen and oxygen atoms in total. The molecule has 0 spiro atoms. The molecule has 0 saturated carbocycles. The second-order valence-corrected chi connectivity index (χ2v) is 10.0. The second kappa shape index (κ2) is 9.76. The van der Waals surface area contributed by atoms with Crippen LogP contribution in [0.4, 0.5) is 0 Å². The molecule has 4 aromatic rings. The number of aromatic nitrogens is 1. The SMILES string of the molecule is CC1(COCc2ccccc2)Cc2c(-c3ccccc3)c(-c3ccc(Cl)cc3)c(C(=O)C(=O)O)n2C1. The molecule has 5 rings (SSSR count). The molecule has 182 valence electrons. The zero-order valence-corrected chi connectivity index (χ0v) is 20.7. The van der Waals surface area contributed by atoms with Gasteiger partial charge in [-0.15, -0.1) is 0 Å². The van der Waals surface area contributed by atoms with Gasteiger partial charge in [0.25, 0.3) is 5.78 Å². The smallest absolute Gasteiger partial charge is 0.378 e. The zero-order valence-electron chi connectivity index (χ0n) is 19.9. The van der Waals surface area contributed by atoms with Gasteiger partial charge in [-0.1, -0.05) is 91.3 Å². The Morgan fingerprint density at radius 3 is 2.17 bits per heavy atom. The lowest BCUT2D eigenvalue weighted by Gasteiger charge is -2.24. The first-order valence-corrected chi connectivity index (χ1v) is 12.2. The van der Waals surface area contributed by atoms with Crippen LogP contribution < -0.4 is 0 Å². The van der Waals surface area contributed by atoms with E-state index in [0.717, 1.165) is 27.9 Å². The fraction of sp³-hybridized carbons (Fsp3) is 0.200. The van der Waals surface area contributed by atoms with Gasteiger partial charge in [0, 0.05) is 33.8 Å². The van der Waals surface area contributed by atoms with Gasteiger partial charge in [0.15, 0.2) is 0 Å². The van der Waals surface area contributed by atoms with Gasteiger partial charge < -0.3 is 14.4 Å². The van der Waals surface area contributed by atoms with Gasteiger partial charge in [-0.25, -0.2) is 4.79 Å². The molecule has 1 aliphatic rings. The third-order valence-electron chi connectivity index (χ3n) is 6.67. The van der Waals surface area contributed by atoms with Crippen LogP contribution in [-0.2, 0) is 29.1 Å². The number of carbonyl (C=O) groups is 2. The van der Waals surface area contributed by atoms with Crippen LogP contribution in [0.15, 0.2) is 84.9 Å². The molecule has 1 atom stereocenters. The average Bonchev–Trinajstić information content (AvgIpc) is 3.36. The van der Waals surface area contributed by atoms with Gasteiger partial charge in [0.05, 0.1) is 13.2 Å². The molecule has 0 fully saturated rings. The fourth-order valence-corrected chi connectivity index (χ4v) is 5.23. The van der Waals surface area contributed by atoms with Crippen molar-refractivity contribution in [2.45, 2.75) is 26.5 Å². The number of fused-ring (bicyclic) bond motifs is 1. The summed E-state index contributed by atoms with van der Waals surface area (Å²) in [6, 6.07) is 27.0. The number of nitrogens with zero attached hydrogens (tertiary/aromatic N) is 1. The summed E-state index contributed by atoms with van der Waals surface area (Å²) in [5, 5.41) is 10.3. The molecule has 0 amide bonds. The van der Waals surface area contributed by atoms with E-state index in [1.54, 1.807) is 12.1 Å². The molecular weight excluding hydrogens is 474 g/mol. The van der Waals surface area contributed by atoms with Crippen molar-refractivity contribution < 1.29 is 19.4 Å². The Morgan fingerprint density at radius 1 is 0.917 bits per heavy atom. The van der Waals surface area contributed by atoms with Crippen LogP contribution in [0.1, 0.15) is 28.7 Å². The lowest BCUT2D eigenvalue weighted by molar-refractivity contribution is -0.131. The van der Waals surface area contributed by atoms with Crippen LogP contribution in [0.3, 0.4) is 0 Å².